The lowest BCUT2D eigenvalue weighted by molar-refractivity contribution is -0.150. The van der Waals surface area contributed by atoms with E-state index in [1.54, 1.807) is 0 Å². The van der Waals surface area contributed by atoms with Crippen LogP contribution in [0.4, 0.5) is 0 Å². The highest BCUT2D eigenvalue weighted by atomic mass is 16.5. The number of likely N-dealkylation sites (tertiary alicyclic amines) is 1. The molecule has 0 radical (unpaired) electrons. The van der Waals surface area contributed by atoms with Crippen molar-refractivity contribution in [3.63, 3.8) is 0 Å². The van der Waals surface area contributed by atoms with Gasteiger partial charge in [-0.05, 0) is 32.2 Å². The van der Waals surface area contributed by atoms with Gasteiger partial charge in [-0.15, -0.1) is 0 Å². The van der Waals surface area contributed by atoms with Crippen LogP contribution in [0.3, 0.4) is 0 Å². The van der Waals surface area contributed by atoms with Crippen LogP contribution in [0.1, 0.15) is 50.1 Å². The van der Waals surface area contributed by atoms with Crippen molar-refractivity contribution in [1.29, 1.82) is 0 Å². The molecule has 3 heterocycles. The molecule has 1 amide bonds. The fourth-order valence-corrected chi connectivity index (χ4v) is 4.68. The zero-order chi connectivity index (χ0) is 16.5. The number of carbonyl (C=O) groups is 1. The molecule has 0 unspecified atom stereocenters. The van der Waals surface area contributed by atoms with E-state index in [1.165, 1.54) is 18.4 Å². The molecule has 2 aliphatic heterocycles. The molecule has 0 spiro atoms. The summed E-state index contributed by atoms with van der Waals surface area (Å²) in [4.78, 5) is 17.5. The Labute approximate surface area is 143 Å². The highest BCUT2D eigenvalue weighted by Crippen LogP contribution is 2.32. The monoisotopic (exact) mass is 332 g/mol. The fraction of sp³-hybridized carbons (Fsp3) is 0.778. The first-order valence-electron chi connectivity index (χ1n) is 9.36. The minimum Gasteiger partial charge on any atom is -0.374 e. The highest BCUT2D eigenvalue weighted by molar-refractivity contribution is 5.79. The summed E-state index contributed by atoms with van der Waals surface area (Å²) in [5, 5.41) is 4.30. The molecule has 6 nitrogen and oxygen atoms in total. The van der Waals surface area contributed by atoms with E-state index in [0.29, 0.717) is 25.2 Å². The minimum atomic E-state index is 0.268. The van der Waals surface area contributed by atoms with E-state index in [9.17, 15) is 4.79 Å². The van der Waals surface area contributed by atoms with E-state index in [2.05, 4.69) is 21.1 Å². The van der Waals surface area contributed by atoms with Crippen LogP contribution >= 0.6 is 0 Å². The molecule has 6 heteroatoms. The number of aromatic nitrogens is 2. The van der Waals surface area contributed by atoms with E-state index in [-0.39, 0.29) is 12.0 Å². The van der Waals surface area contributed by atoms with Gasteiger partial charge in [0, 0.05) is 31.4 Å². The number of fused-ring (bicyclic) bond motifs is 1. The van der Waals surface area contributed by atoms with E-state index >= 15 is 0 Å². The maximum absolute atomic E-state index is 13.0. The van der Waals surface area contributed by atoms with Crippen LogP contribution in [0.2, 0.25) is 0 Å². The van der Waals surface area contributed by atoms with Crippen LogP contribution < -0.4 is 0 Å². The van der Waals surface area contributed by atoms with Crippen molar-refractivity contribution in [3.8, 4) is 0 Å². The second-order valence-electron chi connectivity index (χ2n) is 7.42. The van der Waals surface area contributed by atoms with E-state index in [1.807, 2.05) is 17.9 Å². The number of rotatable bonds is 3. The van der Waals surface area contributed by atoms with Gasteiger partial charge in [0.25, 0.3) is 0 Å². The van der Waals surface area contributed by atoms with Crippen molar-refractivity contribution in [2.75, 3.05) is 26.2 Å². The Morgan fingerprint density at radius 2 is 2.12 bits per heavy atom. The Bertz CT molecular complexity index is 585. The third kappa shape index (κ3) is 3.09. The average Bonchev–Trinajstić information content (AvgIpc) is 3.23. The summed E-state index contributed by atoms with van der Waals surface area (Å²) in [6.45, 7) is 2.98. The lowest BCUT2D eigenvalue weighted by Crippen LogP contribution is -2.56. The smallest absolute Gasteiger partial charge is 0.237 e. The number of hydrogen-bond donors (Lipinski definition) is 0. The van der Waals surface area contributed by atoms with Crippen molar-refractivity contribution in [3.05, 3.63) is 18.0 Å². The summed E-state index contributed by atoms with van der Waals surface area (Å²) in [5.41, 5.74) is 1.24. The van der Waals surface area contributed by atoms with Crippen molar-refractivity contribution < 1.29 is 9.53 Å². The molecule has 4 rings (SSSR count). The van der Waals surface area contributed by atoms with Crippen LogP contribution in [0, 0.1) is 0 Å². The first-order chi connectivity index (χ1) is 11.7. The summed E-state index contributed by atoms with van der Waals surface area (Å²) in [6, 6.07) is 0.644. The lowest BCUT2D eigenvalue weighted by Gasteiger charge is -2.44. The predicted molar refractivity (Wildman–Crippen MR) is 90.5 cm³/mol. The number of carbonyl (C=O) groups excluding carboxylic acids is 1. The van der Waals surface area contributed by atoms with Crippen LogP contribution in [-0.2, 0) is 16.6 Å². The lowest BCUT2D eigenvalue weighted by atomic mass is 9.90. The quantitative estimate of drug-likeness (QED) is 0.846. The van der Waals surface area contributed by atoms with Gasteiger partial charge < -0.3 is 9.64 Å². The normalized spacial score (nSPS) is 31.2. The molecule has 0 N–H and O–H groups in total. The SMILES string of the molecule is Cn1cc([C@@H]2CCCN2CC(=O)N2CCO[C@@H]3CCCC[C@H]32)cn1. The minimum absolute atomic E-state index is 0.268. The van der Waals surface area contributed by atoms with E-state index in [4.69, 9.17) is 4.74 Å². The number of amides is 1. The van der Waals surface area contributed by atoms with Crippen molar-refractivity contribution in [1.82, 2.24) is 19.6 Å². The van der Waals surface area contributed by atoms with Gasteiger partial charge in [0.05, 0.1) is 31.5 Å². The Morgan fingerprint density at radius 3 is 2.96 bits per heavy atom. The molecule has 132 valence electrons. The Hall–Kier alpha value is -1.40. The molecule has 3 atom stereocenters. The van der Waals surface area contributed by atoms with Crippen LogP contribution in [-0.4, -0.2) is 63.9 Å². The summed E-state index contributed by atoms with van der Waals surface area (Å²) in [7, 11) is 1.95. The van der Waals surface area contributed by atoms with Gasteiger partial charge in [0.15, 0.2) is 0 Å². The number of ether oxygens (including phenoxy) is 1. The van der Waals surface area contributed by atoms with Crippen LogP contribution in [0.25, 0.3) is 0 Å². The molecule has 0 aromatic carbocycles. The molecule has 0 bridgehead atoms. The first kappa shape index (κ1) is 16.1. The van der Waals surface area contributed by atoms with Gasteiger partial charge >= 0.3 is 0 Å². The van der Waals surface area contributed by atoms with Crippen LogP contribution in [0.15, 0.2) is 12.4 Å². The maximum atomic E-state index is 13.0. The van der Waals surface area contributed by atoms with Crippen molar-refractivity contribution >= 4 is 5.91 Å². The van der Waals surface area contributed by atoms with Crippen molar-refractivity contribution in [2.45, 2.75) is 56.7 Å². The zero-order valence-corrected chi connectivity index (χ0v) is 14.6. The largest absolute Gasteiger partial charge is 0.374 e. The molecule has 1 saturated carbocycles. The fourth-order valence-electron chi connectivity index (χ4n) is 4.68. The standard InChI is InChI=1S/C18H28N4O2/c1-20-12-14(11-19-20)15-6-4-8-21(15)13-18(23)22-9-10-24-17-7-3-2-5-16(17)22/h11-12,15-17H,2-10,13H2,1H3/t15-,16+,17+/m0/s1. The van der Waals surface area contributed by atoms with Gasteiger partial charge in [0.2, 0.25) is 5.91 Å². The summed E-state index contributed by atoms with van der Waals surface area (Å²) in [5.74, 6) is 0.283. The first-order valence-corrected chi connectivity index (χ1v) is 9.36. The number of nitrogens with zero attached hydrogens (tertiary/aromatic N) is 4. The van der Waals surface area contributed by atoms with Gasteiger partial charge in [-0.25, -0.2) is 0 Å². The highest BCUT2D eigenvalue weighted by Gasteiger charge is 2.38. The Balaban J connectivity index is 1.43. The van der Waals surface area contributed by atoms with Gasteiger partial charge in [-0.1, -0.05) is 12.8 Å². The van der Waals surface area contributed by atoms with E-state index in [0.717, 1.165) is 38.8 Å². The second-order valence-corrected chi connectivity index (χ2v) is 7.42. The molecule has 1 aromatic rings. The summed E-state index contributed by atoms with van der Waals surface area (Å²) in [6.07, 6.45) is 11.2. The van der Waals surface area contributed by atoms with Crippen molar-refractivity contribution in [2.24, 2.45) is 7.05 Å². The molecule has 3 fully saturated rings. The number of morpholine rings is 1. The van der Waals surface area contributed by atoms with E-state index < -0.39 is 0 Å². The molecule has 24 heavy (non-hydrogen) atoms. The average molecular weight is 332 g/mol. The zero-order valence-electron chi connectivity index (χ0n) is 14.6. The molecular formula is C18H28N4O2. The molecule has 3 aliphatic rings. The molecular weight excluding hydrogens is 304 g/mol. The predicted octanol–water partition coefficient (Wildman–Crippen LogP) is 1.73. The maximum Gasteiger partial charge on any atom is 0.237 e. The number of hydrogen-bond acceptors (Lipinski definition) is 4. The summed E-state index contributed by atoms with van der Waals surface area (Å²) < 4.78 is 7.76. The molecule has 1 aliphatic carbocycles. The number of aryl methyl sites for hydroxylation is 1. The third-order valence-electron chi connectivity index (χ3n) is 5.86. The second kappa shape index (κ2) is 6.84. The summed E-state index contributed by atoms with van der Waals surface area (Å²) >= 11 is 0. The Kier molecular flexibility index (Phi) is 4.59. The topological polar surface area (TPSA) is 50.6 Å². The Morgan fingerprint density at radius 1 is 1.25 bits per heavy atom. The molecule has 1 aromatic heterocycles. The van der Waals surface area contributed by atoms with Gasteiger partial charge in [-0.3, -0.25) is 14.4 Å². The third-order valence-corrected chi connectivity index (χ3v) is 5.86. The van der Waals surface area contributed by atoms with Gasteiger partial charge in [0.1, 0.15) is 0 Å². The molecule has 2 saturated heterocycles. The van der Waals surface area contributed by atoms with Crippen LogP contribution in [0.5, 0.6) is 0 Å². The van der Waals surface area contributed by atoms with Gasteiger partial charge in [-0.2, -0.15) is 5.10 Å².